The van der Waals surface area contributed by atoms with Crippen LogP contribution in [0, 0.1) is 6.92 Å². The summed E-state index contributed by atoms with van der Waals surface area (Å²) in [6, 6.07) is 40.0. The van der Waals surface area contributed by atoms with Gasteiger partial charge in [0.05, 0.1) is 0 Å². The highest BCUT2D eigenvalue weighted by atomic mass is 14.3. The topological polar surface area (TPSA) is 0 Å². The van der Waals surface area contributed by atoms with Crippen LogP contribution in [0.2, 0.25) is 0 Å². The summed E-state index contributed by atoms with van der Waals surface area (Å²) < 4.78 is 0. The Labute approximate surface area is 256 Å². The van der Waals surface area contributed by atoms with Crippen LogP contribution in [-0.2, 0) is 0 Å². The van der Waals surface area contributed by atoms with Crippen LogP contribution >= 0.6 is 0 Å². The predicted molar refractivity (Wildman–Crippen MR) is 186 cm³/mol. The molecule has 8 rings (SSSR count). The third-order valence-corrected chi connectivity index (χ3v) is 10.6. The fourth-order valence-corrected chi connectivity index (χ4v) is 8.44. The van der Waals surface area contributed by atoms with Crippen molar-refractivity contribution in [2.45, 2.75) is 83.0 Å². The van der Waals surface area contributed by atoms with E-state index >= 15 is 0 Å². The average molecular weight is 559 g/mol. The lowest BCUT2D eigenvalue weighted by Crippen LogP contribution is -2.09. The lowest BCUT2D eigenvalue weighted by Gasteiger charge is -2.27. The van der Waals surface area contributed by atoms with Gasteiger partial charge in [0.25, 0.3) is 0 Å². The van der Waals surface area contributed by atoms with Gasteiger partial charge in [0.1, 0.15) is 0 Å². The molecule has 6 aromatic rings. The molecule has 0 nitrogen and oxygen atoms in total. The quantitative estimate of drug-likeness (QED) is 0.189. The van der Waals surface area contributed by atoms with E-state index in [-0.39, 0.29) is 0 Å². The summed E-state index contributed by atoms with van der Waals surface area (Å²) in [7, 11) is 0. The van der Waals surface area contributed by atoms with Gasteiger partial charge in [0.2, 0.25) is 0 Å². The van der Waals surface area contributed by atoms with Crippen molar-refractivity contribution in [1.82, 2.24) is 0 Å². The summed E-state index contributed by atoms with van der Waals surface area (Å²) in [6.07, 6.45) is 13.7. The molecule has 0 N–H and O–H groups in total. The minimum absolute atomic E-state index is 0.703. The van der Waals surface area contributed by atoms with E-state index in [0.29, 0.717) is 11.8 Å². The van der Waals surface area contributed by atoms with Gasteiger partial charge in [-0.05, 0) is 116 Å². The Kier molecular flexibility index (Phi) is 7.02. The molecule has 2 aliphatic rings. The molecule has 0 radical (unpaired) electrons. The molecule has 2 saturated carbocycles. The van der Waals surface area contributed by atoms with Crippen LogP contribution < -0.4 is 0 Å². The molecule has 0 atom stereocenters. The molecule has 43 heavy (non-hydrogen) atoms. The fourth-order valence-electron chi connectivity index (χ4n) is 8.44. The normalized spacial score (nSPS) is 16.8. The summed E-state index contributed by atoms with van der Waals surface area (Å²) in [4.78, 5) is 0. The van der Waals surface area contributed by atoms with Gasteiger partial charge in [-0.3, -0.25) is 0 Å². The van der Waals surface area contributed by atoms with Crippen molar-refractivity contribution in [2.75, 3.05) is 0 Å². The first-order valence-electron chi connectivity index (χ1n) is 16.8. The minimum Gasteiger partial charge on any atom is -0.0616 e. The maximum atomic E-state index is 2.63. The van der Waals surface area contributed by atoms with Crippen LogP contribution in [-0.4, -0.2) is 0 Å². The number of hydrogen-bond donors (Lipinski definition) is 0. The van der Waals surface area contributed by atoms with E-state index in [2.05, 4.69) is 110 Å². The van der Waals surface area contributed by atoms with Crippen molar-refractivity contribution in [1.29, 1.82) is 0 Å². The minimum atomic E-state index is 0.703. The van der Waals surface area contributed by atoms with Crippen molar-refractivity contribution in [3.8, 4) is 22.3 Å². The van der Waals surface area contributed by atoms with Gasteiger partial charge >= 0.3 is 0 Å². The zero-order valence-electron chi connectivity index (χ0n) is 25.5. The summed E-state index contributed by atoms with van der Waals surface area (Å²) in [5, 5.41) is 8.06. The Balaban J connectivity index is 1.39. The Morgan fingerprint density at radius 2 is 0.884 bits per heavy atom. The molecule has 0 amide bonds. The number of fused-ring (bicyclic) bond motifs is 3. The van der Waals surface area contributed by atoms with Crippen LogP contribution in [0.1, 0.15) is 92.7 Å². The molecule has 0 heterocycles. The van der Waals surface area contributed by atoms with Crippen molar-refractivity contribution >= 4 is 32.3 Å². The molecule has 0 unspecified atom stereocenters. The molecule has 0 heteroatoms. The first-order valence-corrected chi connectivity index (χ1v) is 16.8. The van der Waals surface area contributed by atoms with E-state index in [9.17, 15) is 0 Å². The Bertz CT molecular complexity index is 1850. The molecule has 2 fully saturated rings. The van der Waals surface area contributed by atoms with E-state index in [1.54, 1.807) is 11.1 Å². The first kappa shape index (κ1) is 26.7. The predicted octanol–water partition coefficient (Wildman–Crippen LogP) is 12.9. The standard InChI is InChI=1S/C43H42/c1-29-20-21-33-25-34(23-22-32(33)24-29)42-38-16-8-10-18-40(38)43(41-19-11-9-17-39(41)42)37-27-35(30-12-4-2-5-13-30)26-36(28-37)31-14-6-3-7-15-31/h8-11,16-28,30-31H,2-7,12-15H2,1H3. The monoisotopic (exact) mass is 558 g/mol. The highest BCUT2D eigenvalue weighted by molar-refractivity contribution is 6.21. The number of hydrogen-bond acceptors (Lipinski definition) is 0. The molecule has 0 saturated heterocycles. The van der Waals surface area contributed by atoms with E-state index in [0.717, 1.165) is 0 Å². The lowest BCUT2D eigenvalue weighted by atomic mass is 9.77. The third kappa shape index (κ3) is 4.96. The largest absolute Gasteiger partial charge is 0.0616 e. The molecular formula is C43H42. The summed E-state index contributed by atoms with van der Waals surface area (Å²) in [5.41, 5.74) is 10.0. The van der Waals surface area contributed by atoms with Gasteiger partial charge < -0.3 is 0 Å². The van der Waals surface area contributed by atoms with E-state index in [1.807, 2.05) is 0 Å². The smallest absolute Gasteiger partial charge is 0.00262 e. The van der Waals surface area contributed by atoms with Crippen molar-refractivity contribution in [3.63, 3.8) is 0 Å². The van der Waals surface area contributed by atoms with E-state index in [1.165, 1.54) is 124 Å². The van der Waals surface area contributed by atoms with Crippen LogP contribution in [0.4, 0.5) is 0 Å². The molecule has 214 valence electrons. The number of benzene rings is 6. The SMILES string of the molecule is Cc1ccc2cc(-c3c4ccccc4c(-c4cc(C5CCCCC5)cc(C5CCCCC5)c4)c4ccccc34)ccc2c1. The molecule has 0 bridgehead atoms. The molecule has 2 aliphatic carbocycles. The maximum absolute atomic E-state index is 2.63. The second-order valence-electron chi connectivity index (χ2n) is 13.5. The number of rotatable bonds is 4. The second-order valence-corrected chi connectivity index (χ2v) is 13.5. The van der Waals surface area contributed by atoms with Gasteiger partial charge in [-0.25, -0.2) is 0 Å². The fraction of sp³-hybridized carbons (Fsp3) is 0.302. The van der Waals surface area contributed by atoms with Crippen LogP contribution in [0.15, 0.2) is 103 Å². The van der Waals surface area contributed by atoms with E-state index in [4.69, 9.17) is 0 Å². The van der Waals surface area contributed by atoms with Crippen LogP contribution in [0.5, 0.6) is 0 Å². The number of aryl methyl sites for hydroxylation is 1. The van der Waals surface area contributed by atoms with Gasteiger partial charge in [-0.15, -0.1) is 0 Å². The third-order valence-electron chi connectivity index (χ3n) is 10.6. The van der Waals surface area contributed by atoms with E-state index < -0.39 is 0 Å². The second kappa shape index (κ2) is 11.3. The molecule has 0 spiro atoms. The van der Waals surface area contributed by atoms with Crippen molar-refractivity contribution in [3.05, 3.63) is 120 Å². The van der Waals surface area contributed by atoms with Crippen molar-refractivity contribution in [2.24, 2.45) is 0 Å². The summed E-state index contributed by atoms with van der Waals surface area (Å²) >= 11 is 0. The molecule has 6 aromatic carbocycles. The average Bonchev–Trinajstić information content (AvgIpc) is 3.07. The van der Waals surface area contributed by atoms with Gasteiger partial charge in [0.15, 0.2) is 0 Å². The Morgan fingerprint density at radius 1 is 0.419 bits per heavy atom. The Hall–Kier alpha value is -3.90. The van der Waals surface area contributed by atoms with Gasteiger partial charge in [-0.1, -0.05) is 141 Å². The van der Waals surface area contributed by atoms with Crippen LogP contribution in [0.3, 0.4) is 0 Å². The zero-order chi connectivity index (χ0) is 28.8. The molecular weight excluding hydrogens is 516 g/mol. The molecule has 0 aliphatic heterocycles. The highest BCUT2D eigenvalue weighted by Gasteiger charge is 2.23. The van der Waals surface area contributed by atoms with Gasteiger partial charge in [-0.2, -0.15) is 0 Å². The highest BCUT2D eigenvalue weighted by Crippen LogP contribution is 2.46. The lowest BCUT2D eigenvalue weighted by molar-refractivity contribution is 0.435. The Morgan fingerprint density at radius 3 is 1.42 bits per heavy atom. The summed E-state index contributed by atoms with van der Waals surface area (Å²) in [6.45, 7) is 2.18. The van der Waals surface area contributed by atoms with Crippen LogP contribution in [0.25, 0.3) is 54.6 Å². The van der Waals surface area contributed by atoms with Gasteiger partial charge in [0, 0.05) is 0 Å². The molecule has 0 aromatic heterocycles. The first-order chi connectivity index (χ1) is 21.2. The van der Waals surface area contributed by atoms with Crippen molar-refractivity contribution < 1.29 is 0 Å². The maximum Gasteiger partial charge on any atom is -0.00262 e. The summed E-state index contributed by atoms with van der Waals surface area (Å²) in [5.74, 6) is 1.41. The zero-order valence-corrected chi connectivity index (χ0v) is 25.5.